The first-order valence-corrected chi connectivity index (χ1v) is 12.1. The van der Waals surface area contributed by atoms with Crippen molar-refractivity contribution in [1.82, 2.24) is 5.32 Å². The Hall–Kier alpha value is -2.83. The number of rotatable bonds is 7. The zero-order chi connectivity index (χ0) is 24.2. The lowest BCUT2D eigenvalue weighted by atomic mass is 9.54. The van der Waals surface area contributed by atoms with Gasteiger partial charge < -0.3 is 24.4 Å². The molecule has 0 aromatic heterocycles. The van der Waals surface area contributed by atoms with Gasteiger partial charge in [0.15, 0.2) is 0 Å². The standard InChI is InChI=1S/C28H36N2O4/c1-4-16-30(2)17-15-27(23-11-8-12-25(31)18-23)19-24(13-14-28(27,21-30)33-3)29-26(32)34-20-22-9-6-5-7-10-22/h4-12,18,24H,1,13-17,19-21H2,2-3H3,(H-,29,31,32)/p+1/t24-,27+,28?,30+/m1/s1. The van der Waals surface area contributed by atoms with Gasteiger partial charge in [-0.05, 0) is 48.6 Å². The maximum absolute atomic E-state index is 12.7. The number of benzene rings is 2. The number of amides is 1. The number of hydrogen-bond donors (Lipinski definition) is 2. The van der Waals surface area contributed by atoms with E-state index in [0.717, 1.165) is 60.9 Å². The molecule has 1 aliphatic carbocycles. The van der Waals surface area contributed by atoms with Gasteiger partial charge >= 0.3 is 6.09 Å². The van der Waals surface area contributed by atoms with Gasteiger partial charge in [0.2, 0.25) is 0 Å². The van der Waals surface area contributed by atoms with E-state index < -0.39 is 11.7 Å². The van der Waals surface area contributed by atoms with Crippen LogP contribution in [-0.4, -0.2) is 61.1 Å². The van der Waals surface area contributed by atoms with E-state index in [9.17, 15) is 9.90 Å². The van der Waals surface area contributed by atoms with Crippen molar-refractivity contribution >= 4 is 6.09 Å². The van der Waals surface area contributed by atoms with Crippen LogP contribution in [0.3, 0.4) is 0 Å². The van der Waals surface area contributed by atoms with Gasteiger partial charge in [-0.1, -0.05) is 49.0 Å². The Labute approximate surface area is 202 Å². The topological polar surface area (TPSA) is 67.8 Å². The molecule has 2 N–H and O–H groups in total. The lowest BCUT2D eigenvalue weighted by Crippen LogP contribution is -2.72. The highest BCUT2D eigenvalue weighted by Gasteiger charge is 2.62. The summed E-state index contributed by atoms with van der Waals surface area (Å²) in [4.78, 5) is 12.7. The molecule has 4 atom stereocenters. The van der Waals surface area contributed by atoms with Gasteiger partial charge in [0.1, 0.15) is 24.5 Å². The fourth-order valence-corrected chi connectivity index (χ4v) is 6.29. The fourth-order valence-electron chi connectivity index (χ4n) is 6.29. The highest BCUT2D eigenvalue weighted by atomic mass is 16.5. The second kappa shape index (κ2) is 9.80. The number of ether oxygens (including phenoxy) is 2. The average Bonchev–Trinajstić information content (AvgIpc) is 2.83. The average molecular weight is 466 g/mol. The van der Waals surface area contributed by atoms with E-state index in [4.69, 9.17) is 9.47 Å². The maximum Gasteiger partial charge on any atom is 0.407 e. The first-order valence-electron chi connectivity index (χ1n) is 12.1. The van der Waals surface area contributed by atoms with E-state index in [2.05, 4.69) is 25.0 Å². The van der Waals surface area contributed by atoms with Crippen LogP contribution in [0.4, 0.5) is 4.79 Å². The normalized spacial score (nSPS) is 30.7. The number of phenols is 1. The van der Waals surface area contributed by atoms with E-state index in [1.807, 2.05) is 55.7 Å². The molecule has 2 aromatic rings. The number of phenolic OH excluding ortho intramolecular Hbond substituents is 1. The van der Waals surface area contributed by atoms with Gasteiger partial charge in [0, 0.05) is 25.0 Å². The van der Waals surface area contributed by atoms with Gasteiger partial charge in [0.05, 0.1) is 20.1 Å². The SMILES string of the molecule is C=CC[N@@+]1(C)CC[C@@]2(c3cccc(O)c3)C[C@H](NC(=O)OCc3ccccc3)CCC2(OC)C1. The second-order valence-corrected chi connectivity index (χ2v) is 10.2. The molecule has 1 saturated heterocycles. The number of aromatic hydroxyl groups is 1. The molecular formula is C28H37N2O4+. The third-order valence-electron chi connectivity index (χ3n) is 7.97. The number of carbonyl (C=O) groups is 1. The lowest BCUT2D eigenvalue weighted by molar-refractivity contribution is -0.918. The molecule has 2 aromatic carbocycles. The predicted octanol–water partition coefficient (Wildman–Crippen LogP) is 4.53. The number of likely N-dealkylation sites (tertiary alicyclic amines) is 1. The molecular weight excluding hydrogens is 428 g/mol. The summed E-state index contributed by atoms with van der Waals surface area (Å²) in [6.45, 7) is 6.93. The smallest absolute Gasteiger partial charge is 0.407 e. The molecule has 1 aliphatic heterocycles. The van der Waals surface area contributed by atoms with E-state index in [1.54, 1.807) is 6.07 Å². The van der Waals surface area contributed by atoms with Crippen molar-refractivity contribution in [3.05, 3.63) is 78.4 Å². The molecule has 0 bridgehead atoms. The highest BCUT2D eigenvalue weighted by Crippen LogP contribution is 2.54. The van der Waals surface area contributed by atoms with Crippen molar-refractivity contribution in [2.75, 3.05) is 33.8 Å². The quantitative estimate of drug-likeness (QED) is 0.466. The number of fused-ring (bicyclic) bond motifs is 1. The number of likely N-dealkylation sites (N-methyl/N-ethyl adjacent to an activating group) is 1. The first-order chi connectivity index (χ1) is 16.3. The number of piperidine rings is 1. The lowest BCUT2D eigenvalue weighted by Gasteiger charge is -2.61. The molecule has 4 rings (SSSR count). The Morgan fingerprint density at radius 2 is 2.03 bits per heavy atom. The fraction of sp³-hybridized carbons (Fsp3) is 0.464. The summed E-state index contributed by atoms with van der Waals surface area (Å²) in [5.41, 5.74) is 1.31. The molecule has 2 aliphatic rings. The molecule has 1 saturated carbocycles. The van der Waals surface area contributed by atoms with Crippen LogP contribution in [0.15, 0.2) is 67.3 Å². The first kappa shape index (κ1) is 24.3. The number of nitrogens with zero attached hydrogens (tertiary/aromatic N) is 1. The molecule has 1 heterocycles. The van der Waals surface area contributed by atoms with Crippen molar-refractivity contribution in [3.8, 4) is 5.75 Å². The van der Waals surface area contributed by atoms with Gasteiger partial charge in [-0.25, -0.2) is 4.79 Å². The minimum Gasteiger partial charge on any atom is -0.508 e. The third-order valence-corrected chi connectivity index (χ3v) is 7.97. The van der Waals surface area contributed by atoms with Crippen molar-refractivity contribution in [2.24, 2.45) is 0 Å². The van der Waals surface area contributed by atoms with Crippen molar-refractivity contribution in [1.29, 1.82) is 0 Å². The van der Waals surface area contributed by atoms with Crippen LogP contribution in [0.5, 0.6) is 5.75 Å². The van der Waals surface area contributed by atoms with Crippen LogP contribution in [-0.2, 0) is 21.5 Å². The highest BCUT2D eigenvalue weighted by molar-refractivity contribution is 5.67. The summed E-state index contributed by atoms with van der Waals surface area (Å²) in [6.07, 6.45) is 4.84. The molecule has 1 amide bonds. The van der Waals surface area contributed by atoms with E-state index in [1.165, 1.54) is 0 Å². The minimum absolute atomic E-state index is 0.0369. The van der Waals surface area contributed by atoms with Gasteiger partial charge in [-0.3, -0.25) is 0 Å². The maximum atomic E-state index is 12.7. The Balaban J connectivity index is 1.58. The molecule has 2 fully saturated rings. The Morgan fingerprint density at radius 1 is 1.24 bits per heavy atom. The third kappa shape index (κ3) is 4.70. The second-order valence-electron chi connectivity index (χ2n) is 10.2. The number of methoxy groups -OCH3 is 1. The van der Waals surface area contributed by atoms with Crippen LogP contribution >= 0.6 is 0 Å². The van der Waals surface area contributed by atoms with Gasteiger partial charge in [-0.15, -0.1) is 0 Å². The molecule has 0 radical (unpaired) electrons. The zero-order valence-corrected chi connectivity index (χ0v) is 20.3. The minimum atomic E-state index is -0.400. The van der Waals surface area contributed by atoms with E-state index in [0.29, 0.717) is 0 Å². The largest absolute Gasteiger partial charge is 0.508 e. The number of hydrogen-bond acceptors (Lipinski definition) is 4. The number of carbonyl (C=O) groups excluding carboxylic acids is 1. The number of alkyl carbamates (subject to hydrolysis) is 1. The van der Waals surface area contributed by atoms with Crippen LogP contribution in [0.2, 0.25) is 0 Å². The summed E-state index contributed by atoms with van der Waals surface area (Å²) >= 11 is 0. The Kier molecular flexibility index (Phi) is 7.01. The Morgan fingerprint density at radius 3 is 2.74 bits per heavy atom. The van der Waals surface area contributed by atoms with Crippen molar-refractivity contribution in [3.63, 3.8) is 0 Å². The van der Waals surface area contributed by atoms with Crippen LogP contribution in [0.1, 0.15) is 36.8 Å². The molecule has 182 valence electrons. The predicted molar refractivity (Wildman–Crippen MR) is 133 cm³/mol. The van der Waals surface area contributed by atoms with Crippen LogP contribution < -0.4 is 5.32 Å². The van der Waals surface area contributed by atoms with Gasteiger partial charge in [0.25, 0.3) is 0 Å². The van der Waals surface area contributed by atoms with Gasteiger partial charge in [-0.2, -0.15) is 0 Å². The molecule has 6 nitrogen and oxygen atoms in total. The summed E-state index contributed by atoms with van der Waals surface area (Å²) in [5.74, 6) is 0.253. The molecule has 34 heavy (non-hydrogen) atoms. The number of nitrogens with one attached hydrogen (secondary N) is 1. The molecule has 6 heteroatoms. The summed E-state index contributed by atoms with van der Waals surface area (Å²) in [5, 5.41) is 13.4. The summed E-state index contributed by atoms with van der Waals surface area (Å²) in [7, 11) is 4.07. The Bertz CT molecular complexity index is 1010. The molecule has 1 unspecified atom stereocenters. The van der Waals surface area contributed by atoms with Crippen molar-refractivity contribution < 1.29 is 23.9 Å². The van der Waals surface area contributed by atoms with Crippen LogP contribution in [0.25, 0.3) is 0 Å². The summed E-state index contributed by atoms with van der Waals surface area (Å²) < 4.78 is 12.8. The van der Waals surface area contributed by atoms with Crippen LogP contribution in [0, 0.1) is 0 Å². The van der Waals surface area contributed by atoms with E-state index >= 15 is 0 Å². The molecule has 0 spiro atoms. The number of quaternary nitrogens is 1. The van der Waals surface area contributed by atoms with E-state index in [-0.39, 0.29) is 23.8 Å². The zero-order valence-electron chi connectivity index (χ0n) is 20.3. The van der Waals surface area contributed by atoms with Crippen molar-refractivity contribution in [2.45, 2.75) is 49.3 Å². The summed E-state index contributed by atoms with van der Waals surface area (Å²) in [6, 6.07) is 17.2. The monoisotopic (exact) mass is 465 g/mol.